The molecule has 0 unspecified atom stereocenters. The smallest absolute Gasteiger partial charge is 0.412 e. The number of benzene rings is 2. The Balaban J connectivity index is 1.61. The van der Waals surface area contributed by atoms with Gasteiger partial charge in [-0.25, -0.2) is 4.79 Å². The van der Waals surface area contributed by atoms with Crippen molar-refractivity contribution in [1.29, 1.82) is 0 Å². The Morgan fingerprint density at radius 1 is 0.919 bits per heavy atom. The summed E-state index contributed by atoms with van der Waals surface area (Å²) in [5, 5.41) is 15.8. The number of hydrogen-bond donors (Lipinski definition) is 3. The van der Waals surface area contributed by atoms with E-state index in [1.165, 1.54) is 0 Å². The highest BCUT2D eigenvalue weighted by Gasteiger charge is 2.31. The molecule has 2 amide bonds. The molecule has 1 heterocycles. The number of rotatable bonds is 7. The van der Waals surface area contributed by atoms with Crippen LogP contribution in [0.2, 0.25) is 0 Å². The normalized spacial score (nSPS) is 19.4. The molecular weight excluding hydrogens is 468 g/mol. The number of nitrogens with zero attached hydrogens (tertiary/aromatic N) is 2. The van der Waals surface area contributed by atoms with Crippen molar-refractivity contribution < 1.29 is 19.4 Å². The molecule has 37 heavy (non-hydrogen) atoms. The van der Waals surface area contributed by atoms with Crippen LogP contribution in [0.25, 0.3) is 0 Å². The van der Waals surface area contributed by atoms with Crippen molar-refractivity contribution in [2.24, 2.45) is 0 Å². The second-order valence-electron chi connectivity index (χ2n) is 11.7. The molecule has 1 aliphatic rings. The second kappa shape index (κ2) is 11.6. The van der Waals surface area contributed by atoms with Crippen LogP contribution in [-0.2, 0) is 11.3 Å². The van der Waals surface area contributed by atoms with Crippen LogP contribution < -0.4 is 10.6 Å². The van der Waals surface area contributed by atoms with Crippen LogP contribution >= 0.6 is 0 Å². The number of β-amino-alcohol motifs (C(OH)–C–C–N with tert-alkyl or cyclic N) is 1. The molecule has 0 radical (unpaired) electrons. The minimum Gasteiger partial charge on any atom is -0.444 e. The van der Waals surface area contributed by atoms with Crippen molar-refractivity contribution in [3.63, 3.8) is 0 Å². The number of aliphatic hydroxyl groups is 1. The monoisotopic (exact) mass is 510 g/mol. The average Bonchev–Trinajstić information content (AvgIpc) is 2.75. The summed E-state index contributed by atoms with van der Waals surface area (Å²) in [6, 6.07) is 15.4. The Morgan fingerprint density at radius 3 is 1.97 bits per heavy atom. The minimum absolute atomic E-state index is 0.257. The second-order valence-corrected chi connectivity index (χ2v) is 11.7. The first kappa shape index (κ1) is 28.6. The van der Waals surface area contributed by atoms with Crippen LogP contribution in [0.3, 0.4) is 0 Å². The standard InChI is InChI=1S/C29H42N4O4/c1-20-16-32(19-29(6,7)36)17-21(2)33(20)18-22-12-14-23(15-13-22)26(34)30-24-10-8-9-11-25(24)31-27(35)37-28(3,4)5/h8-15,20-21,36H,16-19H2,1-7H3,(H,30,34)(H,31,35)/t20-,21+. The van der Waals surface area contributed by atoms with Gasteiger partial charge in [-0.3, -0.25) is 19.9 Å². The summed E-state index contributed by atoms with van der Waals surface area (Å²) < 4.78 is 5.32. The molecule has 0 aromatic heterocycles. The van der Waals surface area contributed by atoms with Gasteiger partial charge in [-0.15, -0.1) is 0 Å². The van der Waals surface area contributed by atoms with Crippen LogP contribution in [0.15, 0.2) is 48.5 Å². The molecule has 1 saturated heterocycles. The minimum atomic E-state index is -0.704. The molecule has 0 spiro atoms. The van der Waals surface area contributed by atoms with Crippen molar-refractivity contribution in [3.8, 4) is 0 Å². The molecule has 0 bridgehead atoms. The highest BCUT2D eigenvalue weighted by Crippen LogP contribution is 2.24. The van der Waals surface area contributed by atoms with Gasteiger partial charge in [0.2, 0.25) is 0 Å². The van der Waals surface area contributed by atoms with Crippen LogP contribution in [0, 0.1) is 0 Å². The molecule has 0 saturated carbocycles. The van der Waals surface area contributed by atoms with Crippen molar-refractivity contribution in [2.75, 3.05) is 30.3 Å². The van der Waals surface area contributed by atoms with Gasteiger partial charge >= 0.3 is 6.09 Å². The first-order valence-corrected chi connectivity index (χ1v) is 12.9. The molecule has 2 aromatic rings. The lowest BCUT2D eigenvalue weighted by atomic mass is 10.0. The number of ether oxygens (including phenoxy) is 1. The van der Waals surface area contributed by atoms with Gasteiger partial charge in [-0.1, -0.05) is 24.3 Å². The van der Waals surface area contributed by atoms with Gasteiger partial charge in [0.1, 0.15) is 5.60 Å². The number of para-hydroxylation sites is 2. The van der Waals surface area contributed by atoms with Crippen molar-refractivity contribution in [1.82, 2.24) is 9.80 Å². The highest BCUT2D eigenvalue weighted by atomic mass is 16.6. The summed E-state index contributed by atoms with van der Waals surface area (Å²) in [4.78, 5) is 29.9. The summed E-state index contributed by atoms with van der Waals surface area (Å²) in [7, 11) is 0. The maximum Gasteiger partial charge on any atom is 0.412 e. The van der Waals surface area contributed by atoms with Gasteiger partial charge in [-0.05, 0) is 78.3 Å². The quantitative estimate of drug-likeness (QED) is 0.488. The molecule has 202 valence electrons. The molecule has 2 atom stereocenters. The van der Waals surface area contributed by atoms with Crippen LogP contribution in [0.4, 0.5) is 16.2 Å². The van der Waals surface area contributed by atoms with Gasteiger partial charge in [0, 0.05) is 43.8 Å². The van der Waals surface area contributed by atoms with E-state index in [1.807, 2.05) is 38.1 Å². The Kier molecular flexibility index (Phi) is 9.00. The fraction of sp³-hybridized carbons (Fsp3) is 0.517. The van der Waals surface area contributed by atoms with E-state index in [-0.39, 0.29) is 5.91 Å². The van der Waals surface area contributed by atoms with Gasteiger partial charge in [0.25, 0.3) is 5.91 Å². The average molecular weight is 511 g/mol. The van der Waals surface area contributed by atoms with Gasteiger partial charge in [0.05, 0.1) is 17.0 Å². The molecule has 2 aromatic carbocycles. The zero-order valence-electron chi connectivity index (χ0n) is 23.2. The SMILES string of the molecule is C[C@@H]1CN(CC(C)(C)O)C[C@H](C)N1Cc1ccc(C(=O)Nc2ccccc2NC(=O)OC(C)(C)C)cc1. The van der Waals surface area contributed by atoms with E-state index in [9.17, 15) is 14.7 Å². The number of piperazine rings is 1. The molecule has 1 fully saturated rings. The third-order valence-corrected chi connectivity index (χ3v) is 6.18. The number of carbonyl (C=O) groups excluding carboxylic acids is 2. The molecule has 0 aliphatic carbocycles. The Bertz CT molecular complexity index is 1060. The molecule has 8 heteroatoms. The summed E-state index contributed by atoms with van der Waals surface area (Å²) >= 11 is 0. The summed E-state index contributed by atoms with van der Waals surface area (Å²) in [5.74, 6) is -0.257. The molecule has 1 aliphatic heterocycles. The van der Waals surface area contributed by atoms with E-state index in [4.69, 9.17) is 4.74 Å². The topological polar surface area (TPSA) is 94.1 Å². The Morgan fingerprint density at radius 2 is 1.46 bits per heavy atom. The number of hydrogen-bond acceptors (Lipinski definition) is 6. The molecule has 3 rings (SSSR count). The summed E-state index contributed by atoms with van der Waals surface area (Å²) in [6.07, 6.45) is -0.581. The number of amides is 2. The fourth-order valence-corrected chi connectivity index (χ4v) is 4.74. The van der Waals surface area contributed by atoms with E-state index in [0.717, 1.165) is 25.2 Å². The highest BCUT2D eigenvalue weighted by molar-refractivity contribution is 6.06. The van der Waals surface area contributed by atoms with Gasteiger partial charge in [-0.2, -0.15) is 0 Å². The number of anilines is 2. The molecular formula is C29H42N4O4. The van der Waals surface area contributed by atoms with Gasteiger partial charge < -0.3 is 15.2 Å². The van der Waals surface area contributed by atoms with E-state index < -0.39 is 17.3 Å². The zero-order valence-corrected chi connectivity index (χ0v) is 23.2. The lowest BCUT2D eigenvalue weighted by Crippen LogP contribution is -2.58. The lowest BCUT2D eigenvalue weighted by molar-refractivity contribution is -0.0180. The maximum absolute atomic E-state index is 12.9. The van der Waals surface area contributed by atoms with Crippen LogP contribution in [0.1, 0.15) is 64.4 Å². The summed E-state index contributed by atoms with van der Waals surface area (Å²) in [6.45, 7) is 16.8. The Labute approximate surface area is 221 Å². The first-order chi connectivity index (χ1) is 17.2. The predicted octanol–water partition coefficient (Wildman–Crippen LogP) is 4.95. The molecule has 8 nitrogen and oxygen atoms in total. The van der Waals surface area contributed by atoms with Crippen LogP contribution in [0.5, 0.6) is 0 Å². The van der Waals surface area contributed by atoms with E-state index in [2.05, 4.69) is 34.3 Å². The molecule has 3 N–H and O–H groups in total. The number of nitrogens with one attached hydrogen (secondary N) is 2. The van der Waals surface area contributed by atoms with Crippen molar-refractivity contribution in [2.45, 2.75) is 78.3 Å². The third-order valence-electron chi connectivity index (χ3n) is 6.18. The maximum atomic E-state index is 12.9. The van der Waals surface area contributed by atoms with Crippen molar-refractivity contribution in [3.05, 3.63) is 59.7 Å². The van der Waals surface area contributed by atoms with E-state index in [0.29, 0.717) is 35.6 Å². The lowest BCUT2D eigenvalue weighted by Gasteiger charge is -2.45. The zero-order chi connectivity index (χ0) is 27.4. The van der Waals surface area contributed by atoms with Gasteiger partial charge in [0.15, 0.2) is 0 Å². The first-order valence-electron chi connectivity index (χ1n) is 12.9. The fourth-order valence-electron chi connectivity index (χ4n) is 4.74. The third kappa shape index (κ3) is 8.84. The predicted molar refractivity (Wildman–Crippen MR) is 148 cm³/mol. The van der Waals surface area contributed by atoms with E-state index >= 15 is 0 Å². The number of carbonyl (C=O) groups is 2. The summed E-state index contributed by atoms with van der Waals surface area (Å²) in [5.41, 5.74) is 1.31. The largest absolute Gasteiger partial charge is 0.444 e. The van der Waals surface area contributed by atoms with E-state index in [1.54, 1.807) is 45.0 Å². The Hall–Kier alpha value is -2.94. The van der Waals surface area contributed by atoms with Crippen molar-refractivity contribution >= 4 is 23.4 Å². The van der Waals surface area contributed by atoms with Crippen LogP contribution in [-0.4, -0.2) is 69.8 Å².